The Morgan fingerprint density at radius 1 is 1.32 bits per heavy atom. The number of rotatable bonds is 6. The van der Waals surface area contributed by atoms with Crippen LogP contribution in [0.3, 0.4) is 0 Å². The van der Waals surface area contributed by atoms with E-state index >= 15 is 0 Å². The SMILES string of the molecule is CCN(CC)C[C@@H](C)OC(=O)c1ccc(Cl)cc1Cl. The average molecular weight is 304 g/mol. The summed E-state index contributed by atoms with van der Waals surface area (Å²) in [5.41, 5.74) is 0.345. The summed E-state index contributed by atoms with van der Waals surface area (Å²) in [4.78, 5) is 14.2. The Kier molecular flexibility index (Phi) is 6.63. The van der Waals surface area contributed by atoms with Crippen molar-refractivity contribution in [2.75, 3.05) is 19.6 Å². The van der Waals surface area contributed by atoms with E-state index in [0.29, 0.717) is 22.2 Å². The van der Waals surface area contributed by atoms with Gasteiger partial charge in [-0.05, 0) is 38.2 Å². The molecule has 0 aliphatic heterocycles. The highest BCUT2D eigenvalue weighted by atomic mass is 35.5. The third kappa shape index (κ3) is 5.01. The monoisotopic (exact) mass is 303 g/mol. The van der Waals surface area contributed by atoms with E-state index in [9.17, 15) is 4.79 Å². The van der Waals surface area contributed by atoms with Crippen LogP contribution in [-0.4, -0.2) is 36.6 Å². The van der Waals surface area contributed by atoms with Crippen LogP contribution in [0.4, 0.5) is 0 Å². The van der Waals surface area contributed by atoms with Gasteiger partial charge >= 0.3 is 5.97 Å². The van der Waals surface area contributed by atoms with Gasteiger partial charge in [-0.15, -0.1) is 0 Å². The van der Waals surface area contributed by atoms with Crippen molar-refractivity contribution in [2.24, 2.45) is 0 Å². The molecular weight excluding hydrogens is 285 g/mol. The van der Waals surface area contributed by atoms with Crippen LogP contribution in [0.2, 0.25) is 10.0 Å². The first-order valence-corrected chi connectivity index (χ1v) is 7.11. The molecule has 0 radical (unpaired) electrons. The lowest BCUT2D eigenvalue weighted by atomic mass is 10.2. The molecule has 0 spiro atoms. The normalized spacial score (nSPS) is 12.5. The molecule has 0 heterocycles. The van der Waals surface area contributed by atoms with Crippen molar-refractivity contribution in [1.29, 1.82) is 0 Å². The first kappa shape index (κ1) is 16.3. The molecule has 0 aliphatic carbocycles. The number of benzene rings is 1. The predicted molar refractivity (Wildman–Crippen MR) is 79.1 cm³/mol. The zero-order chi connectivity index (χ0) is 14.4. The van der Waals surface area contributed by atoms with E-state index in [1.165, 1.54) is 6.07 Å². The molecule has 3 nitrogen and oxygen atoms in total. The lowest BCUT2D eigenvalue weighted by Gasteiger charge is -2.22. The van der Waals surface area contributed by atoms with E-state index in [-0.39, 0.29) is 6.10 Å². The Bertz CT molecular complexity index is 433. The molecule has 5 heteroatoms. The van der Waals surface area contributed by atoms with Crippen LogP contribution in [0.25, 0.3) is 0 Å². The molecule has 0 bridgehead atoms. The van der Waals surface area contributed by atoms with Crippen molar-refractivity contribution < 1.29 is 9.53 Å². The molecule has 0 unspecified atom stereocenters. The minimum atomic E-state index is -0.415. The standard InChI is InChI=1S/C14H19Cl2NO2/c1-4-17(5-2)9-10(3)19-14(18)12-7-6-11(15)8-13(12)16/h6-8,10H,4-5,9H2,1-3H3/t10-/m1/s1. The molecule has 1 rings (SSSR count). The first-order chi connectivity index (χ1) is 8.97. The molecule has 1 atom stereocenters. The maximum Gasteiger partial charge on any atom is 0.339 e. The van der Waals surface area contributed by atoms with Gasteiger partial charge in [0, 0.05) is 11.6 Å². The maximum absolute atomic E-state index is 12.0. The highest BCUT2D eigenvalue weighted by Crippen LogP contribution is 2.22. The van der Waals surface area contributed by atoms with Crippen molar-refractivity contribution in [3.05, 3.63) is 33.8 Å². The third-order valence-corrected chi connectivity index (χ3v) is 3.42. The van der Waals surface area contributed by atoms with Crippen LogP contribution >= 0.6 is 23.2 Å². The van der Waals surface area contributed by atoms with Gasteiger partial charge in [-0.3, -0.25) is 0 Å². The van der Waals surface area contributed by atoms with E-state index < -0.39 is 5.97 Å². The Labute approximate surface area is 124 Å². The molecule has 0 saturated heterocycles. The van der Waals surface area contributed by atoms with Gasteiger partial charge in [-0.1, -0.05) is 37.0 Å². The molecule has 19 heavy (non-hydrogen) atoms. The van der Waals surface area contributed by atoms with Gasteiger partial charge < -0.3 is 9.64 Å². The lowest BCUT2D eigenvalue weighted by Crippen LogP contribution is -2.33. The summed E-state index contributed by atoms with van der Waals surface area (Å²) in [6, 6.07) is 4.74. The topological polar surface area (TPSA) is 29.5 Å². The highest BCUT2D eigenvalue weighted by Gasteiger charge is 2.16. The number of halogens is 2. The van der Waals surface area contributed by atoms with Gasteiger partial charge in [0.25, 0.3) is 0 Å². The van der Waals surface area contributed by atoms with Gasteiger partial charge in [0.2, 0.25) is 0 Å². The summed E-state index contributed by atoms with van der Waals surface area (Å²) in [5.74, 6) is -0.415. The summed E-state index contributed by atoms with van der Waals surface area (Å²) in [5, 5.41) is 0.810. The summed E-state index contributed by atoms with van der Waals surface area (Å²) in [6.45, 7) is 8.60. The fraction of sp³-hybridized carbons (Fsp3) is 0.500. The Hall–Kier alpha value is -0.770. The van der Waals surface area contributed by atoms with Crippen LogP contribution in [0.5, 0.6) is 0 Å². The van der Waals surface area contributed by atoms with Gasteiger partial charge in [0.15, 0.2) is 0 Å². The van der Waals surface area contributed by atoms with Crippen molar-refractivity contribution in [3.8, 4) is 0 Å². The number of hydrogen-bond acceptors (Lipinski definition) is 3. The molecule has 0 fully saturated rings. The third-order valence-electron chi connectivity index (χ3n) is 2.87. The number of hydrogen-bond donors (Lipinski definition) is 0. The van der Waals surface area contributed by atoms with E-state index in [4.69, 9.17) is 27.9 Å². The number of carbonyl (C=O) groups excluding carboxylic acids is 1. The van der Waals surface area contributed by atoms with Crippen molar-refractivity contribution in [2.45, 2.75) is 26.9 Å². The Morgan fingerprint density at radius 3 is 2.47 bits per heavy atom. The zero-order valence-electron chi connectivity index (χ0n) is 11.5. The van der Waals surface area contributed by atoms with Crippen LogP contribution < -0.4 is 0 Å². The summed E-state index contributed by atoms with van der Waals surface area (Å²) >= 11 is 11.8. The molecule has 0 amide bonds. The average Bonchev–Trinajstić information content (AvgIpc) is 2.35. The Morgan fingerprint density at radius 2 is 1.95 bits per heavy atom. The van der Waals surface area contributed by atoms with Crippen LogP contribution in [0, 0.1) is 0 Å². The second-order valence-corrected chi connectivity index (χ2v) is 5.17. The molecule has 0 N–H and O–H groups in total. The van der Waals surface area contributed by atoms with E-state index in [1.54, 1.807) is 12.1 Å². The van der Waals surface area contributed by atoms with Crippen LogP contribution in [-0.2, 0) is 4.74 Å². The zero-order valence-corrected chi connectivity index (χ0v) is 13.0. The second-order valence-electron chi connectivity index (χ2n) is 4.33. The highest BCUT2D eigenvalue weighted by molar-refractivity contribution is 6.36. The summed E-state index contributed by atoms with van der Waals surface area (Å²) in [6.07, 6.45) is -0.181. The van der Waals surface area contributed by atoms with Gasteiger partial charge in [-0.25, -0.2) is 4.79 Å². The molecular formula is C14H19Cl2NO2. The number of nitrogens with zero attached hydrogens (tertiary/aromatic N) is 1. The second kappa shape index (κ2) is 7.73. The van der Waals surface area contributed by atoms with Gasteiger partial charge in [-0.2, -0.15) is 0 Å². The molecule has 0 saturated carbocycles. The molecule has 0 aliphatic rings. The Balaban J connectivity index is 2.63. The fourth-order valence-electron chi connectivity index (χ4n) is 1.78. The predicted octanol–water partition coefficient (Wildman–Crippen LogP) is 3.88. The van der Waals surface area contributed by atoms with E-state index in [0.717, 1.165) is 13.1 Å². The van der Waals surface area contributed by atoms with Crippen molar-refractivity contribution in [3.63, 3.8) is 0 Å². The van der Waals surface area contributed by atoms with Crippen LogP contribution in [0.1, 0.15) is 31.1 Å². The largest absolute Gasteiger partial charge is 0.458 e. The minimum absolute atomic E-state index is 0.181. The molecule has 1 aromatic carbocycles. The lowest BCUT2D eigenvalue weighted by molar-refractivity contribution is 0.0261. The number of likely N-dealkylation sites (N-methyl/N-ethyl adjacent to an activating group) is 1. The van der Waals surface area contributed by atoms with Crippen molar-refractivity contribution >= 4 is 29.2 Å². The summed E-state index contributed by atoms with van der Waals surface area (Å²) < 4.78 is 5.38. The van der Waals surface area contributed by atoms with Crippen molar-refractivity contribution in [1.82, 2.24) is 4.90 Å². The molecule has 1 aromatic rings. The number of carbonyl (C=O) groups is 1. The number of ether oxygens (including phenoxy) is 1. The smallest absolute Gasteiger partial charge is 0.339 e. The fourth-order valence-corrected chi connectivity index (χ4v) is 2.27. The van der Waals surface area contributed by atoms with Gasteiger partial charge in [0.1, 0.15) is 6.10 Å². The van der Waals surface area contributed by atoms with E-state index in [1.807, 2.05) is 6.92 Å². The molecule has 0 aromatic heterocycles. The molecule has 106 valence electrons. The quantitative estimate of drug-likeness (QED) is 0.747. The maximum atomic E-state index is 12.0. The summed E-state index contributed by atoms with van der Waals surface area (Å²) in [7, 11) is 0. The van der Waals surface area contributed by atoms with Crippen LogP contribution in [0.15, 0.2) is 18.2 Å². The first-order valence-electron chi connectivity index (χ1n) is 6.36. The van der Waals surface area contributed by atoms with E-state index in [2.05, 4.69) is 18.7 Å². The minimum Gasteiger partial charge on any atom is -0.458 e. The number of esters is 1. The van der Waals surface area contributed by atoms with Gasteiger partial charge in [0.05, 0.1) is 10.6 Å².